The second-order valence-corrected chi connectivity index (χ2v) is 4.79. The molecule has 1 aromatic heterocycles. The molecule has 1 aliphatic carbocycles. The minimum absolute atomic E-state index is 0.272. The van der Waals surface area contributed by atoms with E-state index in [9.17, 15) is 0 Å². The van der Waals surface area contributed by atoms with E-state index in [2.05, 4.69) is 42.3 Å². The summed E-state index contributed by atoms with van der Waals surface area (Å²) >= 11 is 0. The van der Waals surface area contributed by atoms with Gasteiger partial charge < -0.3 is 14.6 Å². The fourth-order valence-corrected chi connectivity index (χ4v) is 2.23. The first kappa shape index (κ1) is 11.7. The highest BCUT2D eigenvalue weighted by Gasteiger charge is 2.31. The maximum Gasteiger partial charge on any atom is 0.0721 e. The standard InChI is InChI=1S/C13H22N2O/c1-10(16-3)8-15-7-6-12(9-15)13(14-2)11-4-5-11/h6-7,9-11,13-14H,4-5,8H2,1-3H3. The quantitative estimate of drug-likeness (QED) is 0.798. The van der Waals surface area contributed by atoms with Gasteiger partial charge >= 0.3 is 0 Å². The van der Waals surface area contributed by atoms with Gasteiger partial charge in [0.05, 0.1) is 6.10 Å². The van der Waals surface area contributed by atoms with Crippen molar-refractivity contribution < 1.29 is 4.74 Å². The van der Waals surface area contributed by atoms with Crippen LogP contribution < -0.4 is 5.32 Å². The predicted octanol–water partition coefficient (Wildman–Crippen LogP) is 2.19. The van der Waals surface area contributed by atoms with Crippen LogP contribution in [-0.2, 0) is 11.3 Å². The van der Waals surface area contributed by atoms with Gasteiger partial charge in [-0.25, -0.2) is 0 Å². The molecule has 2 atom stereocenters. The third-order valence-corrected chi connectivity index (χ3v) is 3.41. The molecule has 0 bridgehead atoms. The largest absolute Gasteiger partial charge is 0.380 e. The Morgan fingerprint density at radius 2 is 2.31 bits per heavy atom. The zero-order valence-corrected chi connectivity index (χ0v) is 10.4. The molecule has 1 aliphatic rings. The van der Waals surface area contributed by atoms with Crippen LogP contribution in [0.1, 0.15) is 31.4 Å². The molecule has 2 rings (SSSR count). The molecule has 90 valence electrons. The fourth-order valence-electron chi connectivity index (χ4n) is 2.23. The maximum atomic E-state index is 5.27. The molecule has 1 aromatic rings. The molecule has 2 unspecified atom stereocenters. The molecular weight excluding hydrogens is 200 g/mol. The van der Waals surface area contributed by atoms with Gasteiger partial charge in [0.15, 0.2) is 0 Å². The van der Waals surface area contributed by atoms with Crippen LogP contribution in [0.4, 0.5) is 0 Å². The number of methoxy groups -OCH3 is 1. The van der Waals surface area contributed by atoms with E-state index in [0.717, 1.165) is 12.5 Å². The third kappa shape index (κ3) is 2.66. The lowest BCUT2D eigenvalue weighted by Crippen LogP contribution is -2.18. The first-order valence-electron chi connectivity index (χ1n) is 6.10. The van der Waals surface area contributed by atoms with Crippen molar-refractivity contribution in [1.29, 1.82) is 0 Å². The number of ether oxygens (including phenoxy) is 1. The summed E-state index contributed by atoms with van der Waals surface area (Å²) in [6.07, 6.45) is 7.40. The highest BCUT2D eigenvalue weighted by molar-refractivity contribution is 5.18. The van der Waals surface area contributed by atoms with Gasteiger partial charge in [0.25, 0.3) is 0 Å². The van der Waals surface area contributed by atoms with Crippen LogP contribution in [-0.4, -0.2) is 24.8 Å². The summed E-state index contributed by atoms with van der Waals surface area (Å²) in [5.74, 6) is 0.848. The molecular formula is C13H22N2O. The summed E-state index contributed by atoms with van der Waals surface area (Å²) in [5, 5.41) is 3.42. The first-order chi connectivity index (χ1) is 7.74. The zero-order valence-electron chi connectivity index (χ0n) is 10.4. The van der Waals surface area contributed by atoms with E-state index in [0.29, 0.717) is 6.04 Å². The van der Waals surface area contributed by atoms with Crippen LogP contribution in [0.5, 0.6) is 0 Å². The fraction of sp³-hybridized carbons (Fsp3) is 0.692. The lowest BCUT2D eigenvalue weighted by atomic mass is 10.1. The van der Waals surface area contributed by atoms with Crippen LogP contribution in [0.25, 0.3) is 0 Å². The van der Waals surface area contributed by atoms with Crippen molar-refractivity contribution in [2.45, 2.75) is 38.5 Å². The summed E-state index contributed by atoms with van der Waals surface area (Å²) < 4.78 is 7.49. The van der Waals surface area contributed by atoms with Crippen LogP contribution in [0, 0.1) is 5.92 Å². The highest BCUT2D eigenvalue weighted by atomic mass is 16.5. The van der Waals surface area contributed by atoms with Gasteiger partial charge in [-0.05, 0) is 44.4 Å². The van der Waals surface area contributed by atoms with E-state index in [1.807, 2.05) is 0 Å². The van der Waals surface area contributed by atoms with Gasteiger partial charge in [-0.1, -0.05) is 0 Å². The normalized spacial score (nSPS) is 19.7. The van der Waals surface area contributed by atoms with Crippen LogP contribution >= 0.6 is 0 Å². The second kappa shape index (κ2) is 5.02. The molecule has 0 radical (unpaired) electrons. The second-order valence-electron chi connectivity index (χ2n) is 4.79. The van der Waals surface area contributed by atoms with E-state index < -0.39 is 0 Å². The lowest BCUT2D eigenvalue weighted by Gasteiger charge is -2.14. The molecule has 1 saturated carbocycles. The molecule has 1 N–H and O–H groups in total. The van der Waals surface area contributed by atoms with Gasteiger partial charge in [-0.15, -0.1) is 0 Å². The zero-order chi connectivity index (χ0) is 11.5. The summed E-state index contributed by atoms with van der Waals surface area (Å²) in [7, 11) is 3.81. The van der Waals surface area contributed by atoms with Crippen molar-refractivity contribution >= 4 is 0 Å². The van der Waals surface area contributed by atoms with Crippen molar-refractivity contribution in [3.05, 3.63) is 24.0 Å². The van der Waals surface area contributed by atoms with Crippen molar-refractivity contribution in [2.24, 2.45) is 5.92 Å². The van der Waals surface area contributed by atoms with Crippen molar-refractivity contribution in [3.8, 4) is 0 Å². The smallest absolute Gasteiger partial charge is 0.0721 e. The molecule has 0 aliphatic heterocycles. The topological polar surface area (TPSA) is 26.2 Å². The average molecular weight is 222 g/mol. The molecule has 1 fully saturated rings. The van der Waals surface area contributed by atoms with Crippen molar-refractivity contribution in [2.75, 3.05) is 14.2 Å². The number of nitrogens with zero attached hydrogens (tertiary/aromatic N) is 1. The minimum Gasteiger partial charge on any atom is -0.380 e. The van der Waals surface area contributed by atoms with Crippen LogP contribution in [0.3, 0.4) is 0 Å². The molecule has 0 amide bonds. The Labute approximate surface area is 97.8 Å². The van der Waals surface area contributed by atoms with Crippen LogP contribution in [0.2, 0.25) is 0 Å². The predicted molar refractivity (Wildman–Crippen MR) is 65.4 cm³/mol. The van der Waals surface area contributed by atoms with Gasteiger partial charge in [0.2, 0.25) is 0 Å². The third-order valence-electron chi connectivity index (χ3n) is 3.41. The Bertz CT molecular complexity index is 330. The van der Waals surface area contributed by atoms with Gasteiger partial charge in [0, 0.05) is 32.1 Å². The Hall–Kier alpha value is -0.800. The summed E-state index contributed by atoms with van der Waals surface area (Å²) in [4.78, 5) is 0. The summed E-state index contributed by atoms with van der Waals surface area (Å²) in [6, 6.07) is 2.76. The van der Waals surface area contributed by atoms with E-state index in [-0.39, 0.29) is 6.10 Å². The lowest BCUT2D eigenvalue weighted by molar-refractivity contribution is 0.103. The molecule has 0 spiro atoms. The Morgan fingerprint density at radius 1 is 1.56 bits per heavy atom. The number of aromatic nitrogens is 1. The summed E-state index contributed by atoms with van der Waals surface area (Å²) in [5.41, 5.74) is 1.41. The SMILES string of the molecule is CNC(c1ccn(CC(C)OC)c1)C1CC1. The van der Waals surface area contributed by atoms with Crippen LogP contribution in [0.15, 0.2) is 18.5 Å². The minimum atomic E-state index is 0.272. The molecule has 0 saturated heterocycles. The Kier molecular flexibility index (Phi) is 3.66. The van der Waals surface area contributed by atoms with Gasteiger partial charge in [-0.3, -0.25) is 0 Å². The molecule has 1 heterocycles. The molecule has 3 nitrogen and oxygen atoms in total. The molecule has 16 heavy (non-hydrogen) atoms. The van der Waals surface area contributed by atoms with Crippen molar-refractivity contribution in [3.63, 3.8) is 0 Å². The van der Waals surface area contributed by atoms with E-state index >= 15 is 0 Å². The number of rotatable bonds is 6. The monoisotopic (exact) mass is 222 g/mol. The molecule has 0 aromatic carbocycles. The maximum absolute atomic E-state index is 5.27. The number of hydrogen-bond acceptors (Lipinski definition) is 2. The van der Waals surface area contributed by atoms with Crippen molar-refractivity contribution in [1.82, 2.24) is 9.88 Å². The van der Waals surface area contributed by atoms with E-state index in [1.54, 1.807) is 7.11 Å². The van der Waals surface area contributed by atoms with Gasteiger partial charge in [-0.2, -0.15) is 0 Å². The Morgan fingerprint density at radius 3 is 2.88 bits per heavy atom. The first-order valence-corrected chi connectivity index (χ1v) is 6.10. The number of nitrogens with one attached hydrogen (secondary N) is 1. The highest BCUT2D eigenvalue weighted by Crippen LogP contribution is 2.40. The van der Waals surface area contributed by atoms with E-state index in [4.69, 9.17) is 4.74 Å². The van der Waals surface area contributed by atoms with E-state index in [1.165, 1.54) is 18.4 Å². The number of hydrogen-bond donors (Lipinski definition) is 1. The Balaban J connectivity index is 2.00. The summed E-state index contributed by atoms with van der Waals surface area (Å²) in [6.45, 7) is 3.02. The molecule has 3 heteroatoms. The average Bonchev–Trinajstić information content (AvgIpc) is 3.01. The van der Waals surface area contributed by atoms with Gasteiger partial charge in [0.1, 0.15) is 0 Å².